The normalized spacial score (nSPS) is 9.15. The molecular weight excluding hydrogens is 175 g/mol. The zero-order chi connectivity index (χ0) is 9.30. The van der Waals surface area contributed by atoms with Crippen LogP contribution < -0.4 is 0 Å². The van der Waals surface area contributed by atoms with Crippen LogP contribution in [0.25, 0.3) is 0 Å². The van der Waals surface area contributed by atoms with E-state index in [-0.39, 0.29) is 29.6 Å². The topological polar surface area (TPSA) is 37.3 Å². The first-order valence-corrected chi connectivity index (χ1v) is 3.84. The van der Waals surface area contributed by atoms with Crippen LogP contribution in [0.5, 0.6) is 0 Å². The Labute approximate surface area is 100 Å². The molecule has 0 unspecified atom stereocenters. The average Bonchev–Trinajstić information content (AvgIpc) is 2.00. The SMILES string of the molecule is Cc1ccc(C(=O)O)c(C)c1C.[NaH]. The van der Waals surface area contributed by atoms with Crippen LogP contribution in [0.1, 0.15) is 27.0 Å². The molecule has 0 aromatic heterocycles. The molecule has 0 heterocycles. The van der Waals surface area contributed by atoms with Gasteiger partial charge in [-0.1, -0.05) is 6.07 Å². The van der Waals surface area contributed by atoms with Crippen LogP contribution in [0.2, 0.25) is 0 Å². The molecule has 0 bridgehead atoms. The van der Waals surface area contributed by atoms with Crippen molar-refractivity contribution >= 4 is 35.5 Å². The van der Waals surface area contributed by atoms with Crippen molar-refractivity contribution in [2.24, 2.45) is 0 Å². The van der Waals surface area contributed by atoms with E-state index in [1.165, 1.54) is 0 Å². The monoisotopic (exact) mass is 188 g/mol. The van der Waals surface area contributed by atoms with Crippen LogP contribution >= 0.6 is 0 Å². The van der Waals surface area contributed by atoms with E-state index in [0.29, 0.717) is 5.56 Å². The molecule has 1 aromatic carbocycles. The van der Waals surface area contributed by atoms with E-state index in [0.717, 1.165) is 16.7 Å². The molecule has 0 amide bonds. The van der Waals surface area contributed by atoms with Gasteiger partial charge in [-0.05, 0) is 43.5 Å². The summed E-state index contributed by atoms with van der Waals surface area (Å²) in [6, 6.07) is 3.49. The number of carboxylic acids is 1. The third kappa shape index (κ3) is 2.56. The van der Waals surface area contributed by atoms with Gasteiger partial charge in [0.2, 0.25) is 0 Å². The molecule has 0 fully saturated rings. The van der Waals surface area contributed by atoms with Gasteiger partial charge in [0.1, 0.15) is 0 Å². The van der Waals surface area contributed by atoms with Gasteiger partial charge < -0.3 is 5.11 Å². The van der Waals surface area contributed by atoms with Gasteiger partial charge in [0, 0.05) is 0 Å². The van der Waals surface area contributed by atoms with E-state index in [4.69, 9.17) is 5.11 Å². The van der Waals surface area contributed by atoms with Crippen LogP contribution in [0.4, 0.5) is 0 Å². The van der Waals surface area contributed by atoms with Crippen molar-refractivity contribution in [1.82, 2.24) is 0 Å². The van der Waals surface area contributed by atoms with E-state index in [9.17, 15) is 4.79 Å². The molecule has 0 radical (unpaired) electrons. The van der Waals surface area contributed by atoms with E-state index in [2.05, 4.69) is 0 Å². The van der Waals surface area contributed by atoms with Gasteiger partial charge in [0.15, 0.2) is 0 Å². The summed E-state index contributed by atoms with van der Waals surface area (Å²) in [5.74, 6) is -0.851. The molecule has 1 aromatic rings. The Hall–Kier alpha value is -0.310. The molecule has 0 saturated heterocycles. The second-order valence-electron chi connectivity index (χ2n) is 2.99. The minimum atomic E-state index is -0.851. The molecule has 0 aliphatic heterocycles. The first-order valence-electron chi connectivity index (χ1n) is 3.84. The predicted molar refractivity (Wildman–Crippen MR) is 54.8 cm³/mol. The van der Waals surface area contributed by atoms with Crippen molar-refractivity contribution in [3.05, 3.63) is 34.4 Å². The number of aryl methyl sites for hydroxylation is 1. The summed E-state index contributed by atoms with van der Waals surface area (Å²) >= 11 is 0. The molecule has 2 nitrogen and oxygen atoms in total. The fourth-order valence-electron chi connectivity index (χ4n) is 1.19. The second kappa shape index (κ2) is 4.80. The number of carboxylic acid groups (broad SMARTS) is 1. The Morgan fingerprint density at radius 3 is 2.15 bits per heavy atom. The van der Waals surface area contributed by atoms with E-state index in [1.807, 2.05) is 26.8 Å². The van der Waals surface area contributed by atoms with E-state index in [1.54, 1.807) is 6.07 Å². The molecule has 0 aliphatic carbocycles. The van der Waals surface area contributed by atoms with Gasteiger partial charge in [0.05, 0.1) is 5.56 Å². The van der Waals surface area contributed by atoms with Gasteiger partial charge in [-0.25, -0.2) is 4.79 Å². The molecule has 1 N–H and O–H groups in total. The maximum atomic E-state index is 10.7. The molecule has 0 saturated carbocycles. The fraction of sp³-hybridized carbons (Fsp3) is 0.300. The van der Waals surface area contributed by atoms with Crippen LogP contribution in [-0.2, 0) is 0 Å². The van der Waals surface area contributed by atoms with Crippen molar-refractivity contribution in [3.8, 4) is 0 Å². The summed E-state index contributed by atoms with van der Waals surface area (Å²) in [4.78, 5) is 10.7. The maximum absolute atomic E-state index is 10.7. The van der Waals surface area contributed by atoms with E-state index >= 15 is 0 Å². The Morgan fingerprint density at radius 1 is 1.15 bits per heavy atom. The predicted octanol–water partition coefficient (Wildman–Crippen LogP) is 1.66. The standard InChI is InChI=1S/C10H12O2.Na.H/c1-6-4-5-9(10(11)12)8(3)7(6)2;;/h4-5H,1-3H3,(H,11,12);;. The molecule has 0 spiro atoms. The first kappa shape index (κ1) is 12.7. The van der Waals surface area contributed by atoms with Gasteiger partial charge in [-0.15, -0.1) is 0 Å². The quantitative estimate of drug-likeness (QED) is 0.680. The van der Waals surface area contributed by atoms with Crippen LogP contribution in [0.3, 0.4) is 0 Å². The molecule has 66 valence electrons. The summed E-state index contributed by atoms with van der Waals surface area (Å²) in [6.45, 7) is 5.76. The Kier molecular flexibility index (Phi) is 4.68. The minimum absolute atomic E-state index is 0. The zero-order valence-electron chi connectivity index (χ0n) is 7.51. The summed E-state index contributed by atoms with van der Waals surface area (Å²) < 4.78 is 0. The van der Waals surface area contributed by atoms with Gasteiger partial charge in [-0.3, -0.25) is 0 Å². The molecular formula is C10H13NaO2. The summed E-state index contributed by atoms with van der Waals surface area (Å²) in [7, 11) is 0. The number of benzene rings is 1. The number of aromatic carboxylic acids is 1. The Bertz CT molecular complexity index is 332. The van der Waals surface area contributed by atoms with Crippen molar-refractivity contribution in [2.45, 2.75) is 20.8 Å². The van der Waals surface area contributed by atoms with Crippen molar-refractivity contribution < 1.29 is 9.90 Å². The number of hydrogen-bond donors (Lipinski definition) is 1. The molecule has 13 heavy (non-hydrogen) atoms. The van der Waals surface area contributed by atoms with Gasteiger partial charge in [0.25, 0.3) is 0 Å². The van der Waals surface area contributed by atoms with Gasteiger partial charge in [-0.2, -0.15) is 0 Å². The average molecular weight is 188 g/mol. The molecule has 0 atom stereocenters. The van der Waals surface area contributed by atoms with Crippen LogP contribution in [-0.4, -0.2) is 40.6 Å². The fourth-order valence-corrected chi connectivity index (χ4v) is 1.19. The zero-order valence-corrected chi connectivity index (χ0v) is 7.51. The first-order chi connectivity index (χ1) is 5.54. The van der Waals surface area contributed by atoms with Crippen molar-refractivity contribution in [2.75, 3.05) is 0 Å². The molecule has 3 heteroatoms. The molecule has 0 aliphatic rings. The van der Waals surface area contributed by atoms with Gasteiger partial charge >= 0.3 is 35.5 Å². The van der Waals surface area contributed by atoms with Crippen molar-refractivity contribution in [3.63, 3.8) is 0 Å². The summed E-state index contributed by atoms with van der Waals surface area (Å²) in [5.41, 5.74) is 3.47. The summed E-state index contributed by atoms with van der Waals surface area (Å²) in [6.07, 6.45) is 0. The number of carbonyl (C=O) groups is 1. The third-order valence-corrected chi connectivity index (χ3v) is 2.29. The number of rotatable bonds is 1. The molecule has 1 rings (SSSR count). The second-order valence-corrected chi connectivity index (χ2v) is 2.99. The van der Waals surface area contributed by atoms with Crippen LogP contribution in [0, 0.1) is 20.8 Å². The van der Waals surface area contributed by atoms with Crippen LogP contribution in [0.15, 0.2) is 12.1 Å². The van der Waals surface area contributed by atoms with Crippen molar-refractivity contribution in [1.29, 1.82) is 0 Å². The third-order valence-electron chi connectivity index (χ3n) is 2.29. The Balaban J connectivity index is 0.00000144. The Morgan fingerprint density at radius 2 is 1.69 bits per heavy atom. The van der Waals surface area contributed by atoms with E-state index < -0.39 is 5.97 Å². The summed E-state index contributed by atoms with van der Waals surface area (Å²) in [5, 5.41) is 8.78. The number of hydrogen-bond acceptors (Lipinski definition) is 1.